The maximum atomic E-state index is 12.4. The van der Waals surface area contributed by atoms with Crippen molar-refractivity contribution in [2.45, 2.75) is 11.1 Å². The van der Waals surface area contributed by atoms with Crippen molar-refractivity contribution >= 4 is 10.0 Å². The van der Waals surface area contributed by atoms with Gasteiger partial charge in [-0.3, -0.25) is 0 Å². The van der Waals surface area contributed by atoms with Gasteiger partial charge in [-0.1, -0.05) is 0 Å². The average Bonchev–Trinajstić information content (AvgIpc) is 2.14. The lowest BCUT2D eigenvalue weighted by atomic mass is 10.1. The van der Waals surface area contributed by atoms with Crippen LogP contribution in [0.15, 0.2) is 23.1 Å². The van der Waals surface area contributed by atoms with E-state index in [2.05, 4.69) is 5.14 Å². The number of alkyl halides is 3. The van der Waals surface area contributed by atoms with Gasteiger partial charge < -0.3 is 0 Å². The molecule has 4 nitrogen and oxygen atoms in total. The molecular weight excluding hydrogens is 245 g/mol. The molecule has 8 heteroatoms. The zero-order valence-corrected chi connectivity index (χ0v) is 8.43. The SMILES string of the molecule is N#Cc1ccc(C(F)(F)F)c(S(N)(=O)=O)c1. The standard InChI is InChI=1S/C8H5F3N2O2S/c9-8(10,11)6-2-1-5(4-12)3-7(6)16(13,14)15/h1-3H,(H2,13,14,15). The fraction of sp³-hybridized carbons (Fsp3) is 0.125. The lowest BCUT2D eigenvalue weighted by Crippen LogP contribution is -2.19. The number of nitrogens with two attached hydrogens (primary N) is 1. The second kappa shape index (κ2) is 3.77. The molecule has 0 fully saturated rings. The van der Waals surface area contributed by atoms with E-state index in [0.717, 1.165) is 6.07 Å². The summed E-state index contributed by atoms with van der Waals surface area (Å²) in [6.45, 7) is 0. The van der Waals surface area contributed by atoms with E-state index in [1.807, 2.05) is 0 Å². The first-order valence-electron chi connectivity index (χ1n) is 3.80. The summed E-state index contributed by atoms with van der Waals surface area (Å²) < 4.78 is 59.1. The van der Waals surface area contributed by atoms with Crippen molar-refractivity contribution in [3.8, 4) is 6.07 Å². The fourth-order valence-electron chi connectivity index (χ4n) is 1.06. The summed E-state index contributed by atoms with van der Waals surface area (Å²) in [6, 6.07) is 3.51. The molecule has 1 aromatic rings. The van der Waals surface area contributed by atoms with E-state index < -0.39 is 26.7 Å². The molecule has 2 N–H and O–H groups in total. The maximum absolute atomic E-state index is 12.4. The van der Waals surface area contributed by atoms with Crippen LogP contribution in [0.2, 0.25) is 0 Å². The third-order valence-electron chi connectivity index (χ3n) is 1.72. The Hall–Kier alpha value is -1.59. The lowest BCUT2D eigenvalue weighted by Gasteiger charge is -2.11. The third kappa shape index (κ3) is 2.50. The molecule has 0 bridgehead atoms. The number of hydrogen-bond acceptors (Lipinski definition) is 3. The van der Waals surface area contributed by atoms with Crippen LogP contribution in [0.1, 0.15) is 11.1 Å². The predicted octanol–water partition coefficient (Wildman–Crippen LogP) is 1.22. The number of hydrogen-bond donors (Lipinski definition) is 1. The van der Waals surface area contributed by atoms with Crippen LogP contribution in [0, 0.1) is 11.3 Å². The molecule has 0 saturated carbocycles. The molecule has 0 aliphatic carbocycles. The van der Waals surface area contributed by atoms with Gasteiger partial charge in [0.15, 0.2) is 0 Å². The molecule has 0 spiro atoms. The summed E-state index contributed by atoms with van der Waals surface area (Å²) in [7, 11) is -4.52. The first-order chi connectivity index (χ1) is 7.16. The van der Waals surface area contributed by atoms with E-state index in [0.29, 0.717) is 12.1 Å². The fourth-order valence-corrected chi connectivity index (χ4v) is 1.84. The Balaban J connectivity index is 3.61. The van der Waals surface area contributed by atoms with E-state index in [-0.39, 0.29) is 5.56 Å². The van der Waals surface area contributed by atoms with Crippen LogP contribution >= 0.6 is 0 Å². The molecule has 0 aliphatic heterocycles. The molecule has 0 unspecified atom stereocenters. The molecule has 0 aromatic heterocycles. The van der Waals surface area contributed by atoms with Gasteiger partial charge in [0.05, 0.1) is 22.1 Å². The van der Waals surface area contributed by atoms with Crippen LogP contribution in [-0.4, -0.2) is 8.42 Å². The van der Waals surface area contributed by atoms with Crippen molar-refractivity contribution in [2.24, 2.45) is 5.14 Å². The zero-order chi connectivity index (χ0) is 12.6. The topological polar surface area (TPSA) is 83.9 Å². The van der Waals surface area contributed by atoms with Gasteiger partial charge in [0.25, 0.3) is 0 Å². The molecule has 0 saturated heterocycles. The number of rotatable bonds is 1. The normalized spacial score (nSPS) is 12.2. The van der Waals surface area contributed by atoms with Crippen molar-refractivity contribution in [1.29, 1.82) is 5.26 Å². The highest BCUT2D eigenvalue weighted by Crippen LogP contribution is 2.34. The summed E-state index contributed by atoms with van der Waals surface area (Å²) in [6.07, 6.45) is -4.84. The molecule has 0 aliphatic rings. The number of primary sulfonamides is 1. The van der Waals surface area contributed by atoms with Gasteiger partial charge in [-0.05, 0) is 18.2 Å². The molecule has 0 atom stereocenters. The van der Waals surface area contributed by atoms with E-state index in [4.69, 9.17) is 5.26 Å². The van der Waals surface area contributed by atoms with E-state index in [9.17, 15) is 21.6 Å². The maximum Gasteiger partial charge on any atom is 0.417 e. The Bertz CT molecular complexity index is 558. The van der Waals surface area contributed by atoms with Crippen molar-refractivity contribution in [3.63, 3.8) is 0 Å². The Labute approximate surface area is 89.2 Å². The highest BCUT2D eigenvalue weighted by molar-refractivity contribution is 7.89. The highest BCUT2D eigenvalue weighted by atomic mass is 32.2. The second-order valence-electron chi connectivity index (χ2n) is 2.87. The van der Waals surface area contributed by atoms with Gasteiger partial charge in [-0.15, -0.1) is 0 Å². The molecule has 1 rings (SSSR count). The first-order valence-corrected chi connectivity index (χ1v) is 5.35. The Kier molecular flexibility index (Phi) is 2.94. The number of nitrogens with zero attached hydrogens (tertiary/aromatic N) is 1. The molecule has 16 heavy (non-hydrogen) atoms. The minimum atomic E-state index is -4.84. The minimum Gasteiger partial charge on any atom is -0.225 e. The smallest absolute Gasteiger partial charge is 0.225 e. The lowest BCUT2D eigenvalue weighted by molar-refractivity contribution is -0.139. The Morgan fingerprint density at radius 1 is 1.31 bits per heavy atom. The molecule has 0 heterocycles. The Morgan fingerprint density at radius 2 is 1.88 bits per heavy atom. The average molecular weight is 250 g/mol. The highest BCUT2D eigenvalue weighted by Gasteiger charge is 2.36. The van der Waals surface area contributed by atoms with Gasteiger partial charge in [0.1, 0.15) is 0 Å². The van der Waals surface area contributed by atoms with Crippen molar-refractivity contribution in [3.05, 3.63) is 29.3 Å². The molecule has 0 amide bonds. The second-order valence-corrected chi connectivity index (χ2v) is 4.40. The molecule has 86 valence electrons. The van der Waals surface area contributed by atoms with Crippen LogP contribution < -0.4 is 5.14 Å². The summed E-state index contributed by atoms with van der Waals surface area (Å²) in [4.78, 5) is -1.10. The van der Waals surface area contributed by atoms with Gasteiger partial charge in [-0.2, -0.15) is 18.4 Å². The number of halogens is 3. The van der Waals surface area contributed by atoms with Crippen LogP contribution in [0.3, 0.4) is 0 Å². The van der Waals surface area contributed by atoms with Crippen molar-refractivity contribution in [1.82, 2.24) is 0 Å². The number of benzene rings is 1. The van der Waals surface area contributed by atoms with Gasteiger partial charge in [0.2, 0.25) is 10.0 Å². The van der Waals surface area contributed by atoms with Gasteiger partial charge >= 0.3 is 6.18 Å². The van der Waals surface area contributed by atoms with E-state index >= 15 is 0 Å². The first kappa shape index (κ1) is 12.5. The van der Waals surface area contributed by atoms with Gasteiger partial charge in [0, 0.05) is 0 Å². The monoisotopic (exact) mass is 250 g/mol. The molecule has 0 radical (unpaired) electrons. The summed E-state index contributed by atoms with van der Waals surface area (Å²) in [5.41, 5.74) is -1.59. The number of sulfonamides is 1. The van der Waals surface area contributed by atoms with Crippen LogP contribution in [0.5, 0.6) is 0 Å². The van der Waals surface area contributed by atoms with Gasteiger partial charge in [-0.25, -0.2) is 13.6 Å². The number of nitriles is 1. The zero-order valence-electron chi connectivity index (χ0n) is 7.62. The summed E-state index contributed by atoms with van der Waals surface area (Å²) in [5.74, 6) is 0. The van der Waals surface area contributed by atoms with E-state index in [1.165, 1.54) is 6.07 Å². The Morgan fingerprint density at radius 3 is 2.25 bits per heavy atom. The van der Waals surface area contributed by atoms with Crippen LogP contribution in [0.4, 0.5) is 13.2 Å². The molecular formula is C8H5F3N2O2S. The largest absolute Gasteiger partial charge is 0.417 e. The van der Waals surface area contributed by atoms with Crippen LogP contribution in [0.25, 0.3) is 0 Å². The van der Waals surface area contributed by atoms with Crippen molar-refractivity contribution in [2.75, 3.05) is 0 Å². The molecule has 1 aromatic carbocycles. The minimum absolute atomic E-state index is 0.211. The van der Waals surface area contributed by atoms with Crippen LogP contribution in [-0.2, 0) is 16.2 Å². The van der Waals surface area contributed by atoms with Crippen molar-refractivity contribution < 1.29 is 21.6 Å². The quantitative estimate of drug-likeness (QED) is 0.813. The summed E-state index contributed by atoms with van der Waals surface area (Å²) in [5, 5.41) is 13.1. The predicted molar refractivity (Wildman–Crippen MR) is 47.5 cm³/mol. The third-order valence-corrected chi connectivity index (χ3v) is 2.67. The summed E-state index contributed by atoms with van der Waals surface area (Å²) >= 11 is 0. The van der Waals surface area contributed by atoms with E-state index in [1.54, 1.807) is 0 Å².